The standard InChI is InChI=1S/C26H15Cl3FN3O3S2/c27-15-7-10-17(19(29)11-15)21-20(22(34)13-5-8-16(30)9-6-13)23(35)24(36)33(21)25-31-32-26(38-25)37-12-14-3-1-2-4-18(14)28/h1-11,21,34H,12H2/b22-20-. The van der Waals surface area contributed by atoms with Crippen molar-refractivity contribution in [3.8, 4) is 0 Å². The van der Waals surface area contributed by atoms with Gasteiger partial charge in [-0.15, -0.1) is 10.2 Å². The van der Waals surface area contributed by atoms with Crippen molar-refractivity contribution in [2.75, 3.05) is 4.90 Å². The molecule has 1 N–H and O–H groups in total. The predicted octanol–water partition coefficient (Wildman–Crippen LogP) is 7.56. The van der Waals surface area contributed by atoms with Crippen LogP contribution in [0.15, 0.2) is 76.6 Å². The van der Waals surface area contributed by atoms with Crippen LogP contribution in [0.25, 0.3) is 5.76 Å². The van der Waals surface area contributed by atoms with Crippen LogP contribution >= 0.6 is 57.9 Å². The van der Waals surface area contributed by atoms with Crippen molar-refractivity contribution in [1.29, 1.82) is 0 Å². The Morgan fingerprint density at radius 2 is 1.74 bits per heavy atom. The van der Waals surface area contributed by atoms with Gasteiger partial charge in [0.1, 0.15) is 11.6 Å². The average Bonchev–Trinajstić information content (AvgIpc) is 3.46. The second kappa shape index (κ2) is 11.0. The van der Waals surface area contributed by atoms with Gasteiger partial charge in [0.05, 0.1) is 11.6 Å². The zero-order valence-corrected chi connectivity index (χ0v) is 23.0. The summed E-state index contributed by atoms with van der Waals surface area (Å²) in [5, 5.41) is 20.8. The number of nitrogens with zero attached hydrogens (tertiary/aromatic N) is 3. The smallest absolute Gasteiger partial charge is 0.301 e. The van der Waals surface area contributed by atoms with Crippen molar-refractivity contribution in [2.24, 2.45) is 0 Å². The van der Waals surface area contributed by atoms with Gasteiger partial charge in [0.15, 0.2) is 4.34 Å². The van der Waals surface area contributed by atoms with Gasteiger partial charge in [-0.3, -0.25) is 14.5 Å². The van der Waals surface area contributed by atoms with Gasteiger partial charge in [-0.05, 0) is 53.6 Å². The summed E-state index contributed by atoms with van der Waals surface area (Å²) in [7, 11) is 0. The molecule has 12 heteroatoms. The first-order chi connectivity index (χ1) is 18.2. The average molecular weight is 607 g/mol. The molecule has 0 saturated carbocycles. The van der Waals surface area contributed by atoms with Crippen molar-refractivity contribution in [3.63, 3.8) is 0 Å². The van der Waals surface area contributed by atoms with Gasteiger partial charge in [0, 0.05) is 26.4 Å². The first-order valence-electron chi connectivity index (χ1n) is 11.0. The number of aliphatic hydroxyl groups is 1. The molecule has 4 aromatic rings. The fourth-order valence-electron chi connectivity index (χ4n) is 3.92. The summed E-state index contributed by atoms with van der Waals surface area (Å²) in [5.41, 5.74) is 1.20. The molecular formula is C26H15Cl3FN3O3S2. The summed E-state index contributed by atoms with van der Waals surface area (Å²) in [6.45, 7) is 0. The van der Waals surface area contributed by atoms with Crippen LogP contribution in [0.5, 0.6) is 0 Å². The maximum atomic E-state index is 13.5. The second-order valence-electron chi connectivity index (χ2n) is 8.07. The lowest BCUT2D eigenvalue weighted by atomic mass is 9.95. The largest absolute Gasteiger partial charge is 0.507 e. The van der Waals surface area contributed by atoms with Crippen LogP contribution in [0, 0.1) is 5.82 Å². The molecule has 1 unspecified atom stereocenters. The fraction of sp³-hybridized carbons (Fsp3) is 0.0769. The van der Waals surface area contributed by atoms with E-state index in [9.17, 15) is 19.1 Å². The number of thioether (sulfide) groups is 1. The molecule has 2 heterocycles. The lowest BCUT2D eigenvalue weighted by Crippen LogP contribution is -2.29. The third kappa shape index (κ3) is 5.17. The topological polar surface area (TPSA) is 83.4 Å². The summed E-state index contributed by atoms with van der Waals surface area (Å²) < 4.78 is 14.0. The molecule has 3 aromatic carbocycles. The number of ketones is 1. The SMILES string of the molecule is O=C1C(=O)N(c2nnc(SCc3ccccc3Cl)s2)C(c2ccc(Cl)cc2Cl)/C1=C(/O)c1ccc(F)cc1. The van der Waals surface area contributed by atoms with Crippen LogP contribution in [-0.2, 0) is 15.3 Å². The van der Waals surface area contributed by atoms with E-state index in [1.807, 2.05) is 18.2 Å². The highest BCUT2D eigenvalue weighted by atomic mass is 35.5. The van der Waals surface area contributed by atoms with Crippen LogP contribution in [0.2, 0.25) is 15.1 Å². The van der Waals surface area contributed by atoms with E-state index in [1.54, 1.807) is 18.2 Å². The predicted molar refractivity (Wildman–Crippen MR) is 149 cm³/mol. The molecule has 0 spiro atoms. The summed E-state index contributed by atoms with van der Waals surface area (Å²) in [6.07, 6.45) is 0. The number of aromatic nitrogens is 2. The summed E-state index contributed by atoms with van der Waals surface area (Å²) >= 11 is 21.3. The van der Waals surface area contributed by atoms with E-state index in [1.165, 1.54) is 30.0 Å². The zero-order valence-electron chi connectivity index (χ0n) is 19.1. The Bertz CT molecular complexity index is 1590. The van der Waals surface area contributed by atoms with E-state index in [2.05, 4.69) is 10.2 Å². The zero-order chi connectivity index (χ0) is 27.0. The molecule has 1 amide bonds. The molecule has 1 aliphatic rings. The minimum atomic E-state index is -1.13. The van der Waals surface area contributed by atoms with Crippen LogP contribution < -0.4 is 4.90 Å². The highest BCUT2D eigenvalue weighted by Crippen LogP contribution is 2.46. The van der Waals surface area contributed by atoms with E-state index in [4.69, 9.17) is 34.8 Å². The van der Waals surface area contributed by atoms with Crippen molar-refractivity contribution in [3.05, 3.63) is 110 Å². The minimum Gasteiger partial charge on any atom is -0.507 e. The third-order valence-corrected chi connectivity index (χ3v) is 8.77. The van der Waals surface area contributed by atoms with E-state index < -0.39 is 29.3 Å². The minimum absolute atomic E-state index is 0.142. The van der Waals surface area contributed by atoms with Gasteiger partial charge in [-0.2, -0.15) is 0 Å². The Hall–Kier alpha value is -2.95. The van der Waals surface area contributed by atoms with Crippen LogP contribution in [0.3, 0.4) is 0 Å². The van der Waals surface area contributed by atoms with Crippen molar-refractivity contribution in [2.45, 2.75) is 16.1 Å². The molecule has 192 valence electrons. The highest BCUT2D eigenvalue weighted by molar-refractivity contribution is 8.00. The number of carbonyl (C=O) groups excluding carboxylic acids is 2. The van der Waals surface area contributed by atoms with Gasteiger partial charge < -0.3 is 5.11 Å². The van der Waals surface area contributed by atoms with Gasteiger partial charge in [-0.1, -0.05) is 82.2 Å². The Kier molecular flexibility index (Phi) is 7.74. The number of carbonyl (C=O) groups is 2. The number of aliphatic hydroxyl groups excluding tert-OH is 1. The third-order valence-electron chi connectivity index (χ3n) is 5.73. The second-order valence-corrected chi connectivity index (χ2v) is 11.5. The number of hydrogen-bond acceptors (Lipinski definition) is 7. The molecule has 1 aromatic heterocycles. The van der Waals surface area contributed by atoms with Crippen molar-refractivity contribution in [1.82, 2.24) is 10.2 Å². The van der Waals surface area contributed by atoms with Crippen molar-refractivity contribution < 1.29 is 19.1 Å². The number of anilines is 1. The molecule has 1 saturated heterocycles. The van der Waals surface area contributed by atoms with Crippen molar-refractivity contribution >= 4 is 80.5 Å². The summed E-state index contributed by atoms with van der Waals surface area (Å²) in [5.74, 6) is -2.33. The monoisotopic (exact) mass is 605 g/mol. The number of hydrogen-bond donors (Lipinski definition) is 1. The van der Waals surface area contributed by atoms with E-state index >= 15 is 0 Å². The van der Waals surface area contributed by atoms with E-state index in [0.29, 0.717) is 25.7 Å². The van der Waals surface area contributed by atoms with Crippen LogP contribution in [-0.4, -0.2) is 27.0 Å². The first kappa shape index (κ1) is 26.6. The van der Waals surface area contributed by atoms with Gasteiger partial charge in [0.25, 0.3) is 5.78 Å². The van der Waals surface area contributed by atoms with Gasteiger partial charge in [-0.25, -0.2) is 4.39 Å². The molecule has 5 rings (SSSR count). The number of amides is 1. The summed E-state index contributed by atoms with van der Waals surface area (Å²) in [6, 6.07) is 15.8. The normalized spacial score (nSPS) is 16.8. The Labute approximate surface area is 239 Å². The quantitative estimate of drug-likeness (QED) is 0.0802. The first-order valence-corrected chi connectivity index (χ1v) is 13.9. The molecule has 1 atom stereocenters. The number of benzene rings is 3. The molecular weight excluding hydrogens is 592 g/mol. The van der Waals surface area contributed by atoms with Crippen LogP contribution in [0.1, 0.15) is 22.7 Å². The number of halogens is 4. The molecule has 6 nitrogen and oxygen atoms in total. The lowest BCUT2D eigenvalue weighted by Gasteiger charge is -2.23. The molecule has 0 bridgehead atoms. The fourth-order valence-corrected chi connectivity index (χ4v) is 6.59. The highest BCUT2D eigenvalue weighted by Gasteiger charge is 2.49. The lowest BCUT2D eigenvalue weighted by molar-refractivity contribution is -0.132. The van der Waals surface area contributed by atoms with E-state index in [-0.39, 0.29) is 21.3 Å². The van der Waals surface area contributed by atoms with Crippen LogP contribution in [0.4, 0.5) is 9.52 Å². The maximum absolute atomic E-state index is 13.5. The maximum Gasteiger partial charge on any atom is 0.301 e. The molecule has 1 fully saturated rings. The Morgan fingerprint density at radius 1 is 1.00 bits per heavy atom. The Balaban J connectivity index is 1.57. The molecule has 1 aliphatic heterocycles. The summed E-state index contributed by atoms with van der Waals surface area (Å²) in [4.78, 5) is 27.7. The van der Waals surface area contributed by atoms with Gasteiger partial charge >= 0.3 is 5.91 Å². The number of rotatable bonds is 6. The molecule has 0 aliphatic carbocycles. The Morgan fingerprint density at radius 3 is 2.45 bits per heavy atom. The molecule has 0 radical (unpaired) electrons. The number of Topliss-reactive ketones (excluding diaryl/α,β-unsaturated/α-hetero) is 1. The molecule has 38 heavy (non-hydrogen) atoms. The van der Waals surface area contributed by atoms with E-state index in [0.717, 1.165) is 33.9 Å². The van der Waals surface area contributed by atoms with Gasteiger partial charge in [0.2, 0.25) is 5.13 Å².